The number of rotatable bonds is 5. The number of nitrogens with zero attached hydrogens (tertiary/aromatic N) is 2. The van der Waals surface area contributed by atoms with Crippen molar-refractivity contribution >= 4 is 17.3 Å². The zero-order chi connectivity index (χ0) is 17.9. The minimum Gasteiger partial charge on any atom is -0.454 e. The van der Waals surface area contributed by atoms with Crippen LogP contribution in [0.4, 0.5) is 26.1 Å². The van der Waals surface area contributed by atoms with Gasteiger partial charge in [-0.3, -0.25) is 0 Å². The van der Waals surface area contributed by atoms with Gasteiger partial charge in [0.15, 0.2) is 11.5 Å². The van der Waals surface area contributed by atoms with E-state index >= 15 is 0 Å². The van der Waals surface area contributed by atoms with Gasteiger partial charge in [0.2, 0.25) is 6.79 Å². The average Bonchev–Trinajstić information content (AvgIpc) is 3.11. The Morgan fingerprint density at radius 3 is 2.54 bits per heavy atom. The molecule has 2 aromatic carbocycles. The predicted octanol–water partition coefficient (Wildman–Crippen LogP) is 3.84. The van der Waals surface area contributed by atoms with Crippen molar-refractivity contribution in [3.05, 3.63) is 66.0 Å². The molecule has 0 saturated carbocycles. The molecule has 1 aliphatic heterocycles. The van der Waals surface area contributed by atoms with E-state index in [-0.39, 0.29) is 18.3 Å². The van der Waals surface area contributed by atoms with Gasteiger partial charge in [-0.25, -0.2) is 18.7 Å². The molecular weight excluding hydrogens is 342 g/mol. The SMILES string of the molecule is Fc1cccc(F)c1Nc1cc(NCc2ccc3c(c2)OCO3)ncn1. The molecular formula is C18H14F2N4O2. The van der Waals surface area contributed by atoms with Crippen LogP contribution < -0.4 is 20.1 Å². The first-order valence-corrected chi connectivity index (χ1v) is 7.84. The van der Waals surface area contributed by atoms with Crippen LogP contribution in [-0.2, 0) is 6.54 Å². The second-order valence-corrected chi connectivity index (χ2v) is 5.55. The summed E-state index contributed by atoms with van der Waals surface area (Å²) in [4.78, 5) is 8.09. The maximum Gasteiger partial charge on any atom is 0.231 e. The standard InChI is InChI=1S/C18H14F2N4O2/c19-12-2-1-3-13(20)18(12)24-17-7-16(22-9-23-17)21-8-11-4-5-14-15(6-11)26-10-25-14/h1-7,9H,8,10H2,(H2,21,22,23,24). The van der Waals surface area contributed by atoms with E-state index in [1.807, 2.05) is 18.2 Å². The van der Waals surface area contributed by atoms with E-state index in [4.69, 9.17) is 9.47 Å². The Kier molecular flexibility index (Phi) is 4.22. The fraction of sp³-hybridized carbons (Fsp3) is 0.111. The molecule has 2 N–H and O–H groups in total. The zero-order valence-corrected chi connectivity index (χ0v) is 13.5. The number of aromatic nitrogens is 2. The van der Waals surface area contributed by atoms with Crippen LogP contribution in [0.15, 0.2) is 48.8 Å². The second-order valence-electron chi connectivity index (χ2n) is 5.55. The van der Waals surface area contributed by atoms with Gasteiger partial charge in [0.1, 0.15) is 35.3 Å². The van der Waals surface area contributed by atoms with E-state index in [9.17, 15) is 8.78 Å². The second kappa shape index (κ2) is 6.83. The van der Waals surface area contributed by atoms with Crippen LogP contribution in [0.3, 0.4) is 0 Å². The topological polar surface area (TPSA) is 68.3 Å². The van der Waals surface area contributed by atoms with Gasteiger partial charge in [0.25, 0.3) is 0 Å². The molecule has 1 aliphatic rings. The third-order valence-corrected chi connectivity index (χ3v) is 3.79. The normalized spacial score (nSPS) is 12.1. The highest BCUT2D eigenvalue weighted by Gasteiger charge is 2.13. The third-order valence-electron chi connectivity index (χ3n) is 3.79. The highest BCUT2D eigenvalue weighted by atomic mass is 19.1. The number of hydrogen-bond acceptors (Lipinski definition) is 6. The quantitative estimate of drug-likeness (QED) is 0.724. The summed E-state index contributed by atoms with van der Waals surface area (Å²) in [6.45, 7) is 0.709. The van der Waals surface area contributed by atoms with E-state index in [2.05, 4.69) is 20.6 Å². The van der Waals surface area contributed by atoms with Crippen LogP contribution in [0, 0.1) is 11.6 Å². The summed E-state index contributed by atoms with van der Waals surface area (Å²) in [7, 11) is 0. The maximum absolute atomic E-state index is 13.7. The predicted molar refractivity (Wildman–Crippen MR) is 91.6 cm³/mol. The van der Waals surface area contributed by atoms with Crippen molar-refractivity contribution < 1.29 is 18.3 Å². The smallest absolute Gasteiger partial charge is 0.231 e. The molecule has 0 amide bonds. The highest BCUT2D eigenvalue weighted by Crippen LogP contribution is 2.32. The van der Waals surface area contributed by atoms with Crippen molar-refractivity contribution in [1.82, 2.24) is 9.97 Å². The minimum absolute atomic E-state index is 0.222. The molecule has 0 saturated heterocycles. The molecule has 132 valence electrons. The summed E-state index contributed by atoms with van der Waals surface area (Å²) in [6, 6.07) is 10.8. The number of para-hydroxylation sites is 1. The lowest BCUT2D eigenvalue weighted by Crippen LogP contribution is -2.04. The monoisotopic (exact) mass is 356 g/mol. The Balaban J connectivity index is 1.46. The molecule has 0 spiro atoms. The molecule has 0 fully saturated rings. The molecule has 6 nitrogen and oxygen atoms in total. The molecule has 26 heavy (non-hydrogen) atoms. The number of anilines is 3. The Bertz CT molecular complexity index is 932. The first-order chi connectivity index (χ1) is 12.7. The van der Waals surface area contributed by atoms with Crippen LogP contribution >= 0.6 is 0 Å². The highest BCUT2D eigenvalue weighted by molar-refractivity contribution is 5.60. The fourth-order valence-electron chi connectivity index (χ4n) is 2.51. The van der Waals surface area contributed by atoms with Gasteiger partial charge in [0.05, 0.1) is 0 Å². The molecule has 0 radical (unpaired) electrons. The van der Waals surface area contributed by atoms with Gasteiger partial charge < -0.3 is 20.1 Å². The number of halogens is 2. The summed E-state index contributed by atoms with van der Waals surface area (Å²) in [5.74, 6) is 0.810. The van der Waals surface area contributed by atoms with E-state index < -0.39 is 11.6 Å². The molecule has 0 bridgehead atoms. The summed E-state index contributed by atoms with van der Waals surface area (Å²) >= 11 is 0. The van der Waals surface area contributed by atoms with Gasteiger partial charge >= 0.3 is 0 Å². The van der Waals surface area contributed by atoms with Crippen molar-refractivity contribution in [3.8, 4) is 11.5 Å². The summed E-state index contributed by atoms with van der Waals surface area (Å²) in [6.07, 6.45) is 1.31. The molecule has 1 aromatic heterocycles. The zero-order valence-electron chi connectivity index (χ0n) is 13.5. The lowest BCUT2D eigenvalue weighted by molar-refractivity contribution is 0.174. The number of hydrogen-bond donors (Lipinski definition) is 2. The molecule has 8 heteroatoms. The number of ether oxygens (including phenoxy) is 2. The summed E-state index contributed by atoms with van der Waals surface area (Å²) in [5, 5.41) is 5.77. The van der Waals surface area contributed by atoms with Crippen molar-refractivity contribution in [1.29, 1.82) is 0 Å². The van der Waals surface area contributed by atoms with Gasteiger partial charge in [-0.2, -0.15) is 0 Å². The Labute approximate surface area is 147 Å². The maximum atomic E-state index is 13.7. The number of benzene rings is 2. The van der Waals surface area contributed by atoms with Gasteiger partial charge in [-0.15, -0.1) is 0 Å². The largest absolute Gasteiger partial charge is 0.454 e. The lowest BCUT2D eigenvalue weighted by atomic mass is 10.2. The fourth-order valence-corrected chi connectivity index (χ4v) is 2.51. The van der Waals surface area contributed by atoms with E-state index in [0.717, 1.165) is 5.56 Å². The van der Waals surface area contributed by atoms with Crippen LogP contribution in [0.1, 0.15) is 5.56 Å². The molecule has 0 atom stereocenters. The number of nitrogens with one attached hydrogen (secondary N) is 2. The van der Waals surface area contributed by atoms with Crippen molar-refractivity contribution in [3.63, 3.8) is 0 Å². The Hall–Kier alpha value is -3.42. The minimum atomic E-state index is -0.696. The van der Waals surface area contributed by atoms with Crippen LogP contribution in [-0.4, -0.2) is 16.8 Å². The van der Waals surface area contributed by atoms with Crippen LogP contribution in [0.2, 0.25) is 0 Å². The lowest BCUT2D eigenvalue weighted by Gasteiger charge is -2.10. The first kappa shape index (κ1) is 16.1. The Morgan fingerprint density at radius 2 is 1.69 bits per heavy atom. The van der Waals surface area contributed by atoms with Crippen molar-refractivity contribution in [2.24, 2.45) is 0 Å². The van der Waals surface area contributed by atoms with Gasteiger partial charge in [-0.1, -0.05) is 12.1 Å². The van der Waals surface area contributed by atoms with E-state index in [1.54, 1.807) is 6.07 Å². The Morgan fingerprint density at radius 1 is 0.923 bits per heavy atom. The van der Waals surface area contributed by atoms with Crippen LogP contribution in [0.25, 0.3) is 0 Å². The molecule has 2 heterocycles. The van der Waals surface area contributed by atoms with Crippen LogP contribution in [0.5, 0.6) is 11.5 Å². The van der Waals surface area contributed by atoms with Crippen molar-refractivity contribution in [2.45, 2.75) is 6.54 Å². The molecule has 4 rings (SSSR count). The number of fused-ring (bicyclic) bond motifs is 1. The molecule has 0 unspecified atom stereocenters. The van der Waals surface area contributed by atoms with Gasteiger partial charge in [-0.05, 0) is 29.8 Å². The van der Waals surface area contributed by atoms with E-state index in [0.29, 0.717) is 23.9 Å². The molecule has 0 aliphatic carbocycles. The average molecular weight is 356 g/mol. The van der Waals surface area contributed by atoms with Gasteiger partial charge in [0, 0.05) is 12.6 Å². The summed E-state index contributed by atoms with van der Waals surface area (Å²) < 4.78 is 38.1. The van der Waals surface area contributed by atoms with E-state index in [1.165, 1.54) is 24.5 Å². The first-order valence-electron chi connectivity index (χ1n) is 7.84. The summed E-state index contributed by atoms with van der Waals surface area (Å²) in [5.41, 5.74) is 0.718. The van der Waals surface area contributed by atoms with Crippen molar-refractivity contribution in [2.75, 3.05) is 17.4 Å². The third kappa shape index (κ3) is 3.34. The molecule has 3 aromatic rings.